The number of amides is 8. The van der Waals surface area contributed by atoms with Gasteiger partial charge in [0.1, 0.15) is 46.9 Å². The fourth-order valence-electron chi connectivity index (χ4n) is 7.27. The molecule has 14 N–H and O–H groups in total. The Kier molecular flexibility index (Phi) is 22.9. The molecule has 0 saturated carbocycles. The molecule has 4 atom stereocenters. The third kappa shape index (κ3) is 20.5. The van der Waals surface area contributed by atoms with Crippen molar-refractivity contribution in [2.45, 2.75) is 128 Å². The second kappa shape index (κ2) is 28.9. The lowest BCUT2D eigenvalue weighted by atomic mass is 9.94. The summed E-state index contributed by atoms with van der Waals surface area (Å²) in [5.41, 5.74) is 20.0. The number of hydrogen-bond donors (Lipinski definition) is 12. The van der Waals surface area contributed by atoms with Crippen LogP contribution in [0, 0.1) is 0 Å². The first-order valence-electron chi connectivity index (χ1n) is 24.6. The monoisotopic (exact) mass is 1050 g/mol. The topological polar surface area (TPSA) is 370 Å². The first-order chi connectivity index (χ1) is 36.0. The standard InChI is InChI=1S/C52H70N12O12/c1-51(2,3)75-49(73)59-39(45(69)57-37(11-7-9-21-53)47(71)63-61-43(67)33-17-23-55-24-18-33)29-31-13-15-41(65)35(27-31)36-28-32(14-16-42(36)66)30-40(60-50(74)76-52(4,5)6)46(70)58-38(12-8-10-22-54)48(72)64-62-44(68)34-19-25-56-26-20-34/h13-20,23-28,37-40,65-66H,7-12,21-22,29-30,53-54H2,1-6H3,(H,57,69)(H,58,70)(H,59,73)(H,60,74)(H,61,67)(H,62,68)(H,63,71)(H,64,72)/t37-,38-,39?,40?/m0/s1. The van der Waals surface area contributed by atoms with Gasteiger partial charge in [0.15, 0.2) is 0 Å². The van der Waals surface area contributed by atoms with Gasteiger partial charge in [0.25, 0.3) is 23.6 Å². The van der Waals surface area contributed by atoms with Crippen LogP contribution in [0.5, 0.6) is 11.5 Å². The maximum absolute atomic E-state index is 14.2. The van der Waals surface area contributed by atoms with E-state index in [4.69, 9.17) is 20.9 Å². The zero-order chi connectivity index (χ0) is 56.0. The number of benzene rings is 2. The fraction of sp³-hybridized carbons (Fsp3) is 0.423. The lowest BCUT2D eigenvalue weighted by molar-refractivity contribution is -0.130. The number of hydrogen-bond acceptors (Lipinski definition) is 16. The number of ether oxygens (including phenoxy) is 2. The second-order valence-electron chi connectivity index (χ2n) is 19.6. The van der Waals surface area contributed by atoms with Crippen LogP contribution >= 0.6 is 0 Å². The minimum Gasteiger partial charge on any atom is -0.507 e. The summed E-state index contributed by atoms with van der Waals surface area (Å²) in [6.07, 6.45) is 5.24. The van der Waals surface area contributed by atoms with E-state index < -0.39 is 83.0 Å². The molecule has 0 radical (unpaired) electrons. The first-order valence-corrected chi connectivity index (χ1v) is 24.6. The number of phenols is 2. The molecule has 0 saturated heterocycles. The van der Waals surface area contributed by atoms with Crippen LogP contribution in [0.15, 0.2) is 85.5 Å². The molecule has 410 valence electrons. The van der Waals surface area contributed by atoms with Gasteiger partial charge in [-0.2, -0.15) is 0 Å². The van der Waals surface area contributed by atoms with E-state index in [1.807, 2.05) is 0 Å². The van der Waals surface area contributed by atoms with Crippen molar-refractivity contribution in [3.05, 3.63) is 108 Å². The van der Waals surface area contributed by atoms with E-state index in [1.54, 1.807) is 41.5 Å². The Hall–Kier alpha value is -8.38. The van der Waals surface area contributed by atoms with Gasteiger partial charge in [-0.1, -0.05) is 12.1 Å². The molecule has 0 bridgehead atoms. The molecule has 0 spiro atoms. The molecule has 8 amide bonds. The first kappa shape index (κ1) is 60.2. The van der Waals surface area contributed by atoms with Crippen molar-refractivity contribution in [3.8, 4) is 22.6 Å². The van der Waals surface area contributed by atoms with E-state index in [2.05, 4.69) is 52.9 Å². The molecule has 24 heteroatoms. The van der Waals surface area contributed by atoms with Crippen LogP contribution in [0.3, 0.4) is 0 Å². The van der Waals surface area contributed by atoms with Crippen molar-refractivity contribution in [2.24, 2.45) is 11.5 Å². The minimum absolute atomic E-state index is 0.0591. The summed E-state index contributed by atoms with van der Waals surface area (Å²) in [6.45, 7) is 10.4. The number of carbonyl (C=O) groups excluding carboxylic acids is 8. The fourth-order valence-corrected chi connectivity index (χ4v) is 7.27. The summed E-state index contributed by atoms with van der Waals surface area (Å²) in [4.78, 5) is 115. The molecular weight excluding hydrogens is 985 g/mol. The molecule has 0 aliphatic heterocycles. The quantitative estimate of drug-likeness (QED) is 0.0375. The maximum atomic E-state index is 14.2. The summed E-state index contributed by atoms with van der Waals surface area (Å²) in [7, 11) is 0. The SMILES string of the molecule is CC(C)(C)OC(=O)NC(Cc1ccc(O)c(-c2cc(CC(NC(=O)OC(C)(C)C)C(=O)N[C@@H](CCCCN)C(=O)NNC(=O)c3ccncc3)ccc2O)c1)C(=O)N[C@@H](CCCCN)C(=O)NNC(=O)c1ccncc1. The zero-order valence-electron chi connectivity index (χ0n) is 43.5. The molecule has 24 nitrogen and oxygen atoms in total. The summed E-state index contributed by atoms with van der Waals surface area (Å²) in [5.74, 6) is -5.05. The second-order valence-corrected chi connectivity index (χ2v) is 19.6. The average Bonchev–Trinajstić information content (AvgIpc) is 3.36. The van der Waals surface area contributed by atoms with Crippen molar-refractivity contribution >= 4 is 47.6 Å². The largest absolute Gasteiger partial charge is 0.507 e. The van der Waals surface area contributed by atoms with Gasteiger partial charge in [-0.25, -0.2) is 9.59 Å². The Labute approximate surface area is 440 Å². The number of unbranched alkanes of at least 4 members (excludes halogenated alkanes) is 2. The highest BCUT2D eigenvalue weighted by Crippen LogP contribution is 2.37. The highest BCUT2D eigenvalue weighted by atomic mass is 16.6. The van der Waals surface area contributed by atoms with Gasteiger partial charge in [0, 0.05) is 59.9 Å². The molecule has 0 fully saturated rings. The predicted octanol–water partition coefficient (Wildman–Crippen LogP) is 2.58. The van der Waals surface area contributed by atoms with Crippen molar-refractivity contribution in [2.75, 3.05) is 13.1 Å². The predicted molar refractivity (Wildman–Crippen MR) is 278 cm³/mol. The van der Waals surface area contributed by atoms with Crippen LogP contribution in [-0.2, 0) is 41.5 Å². The number of rotatable bonds is 23. The van der Waals surface area contributed by atoms with Crippen LogP contribution in [0.4, 0.5) is 9.59 Å². The number of hydrazine groups is 2. The molecule has 2 unspecified atom stereocenters. The van der Waals surface area contributed by atoms with E-state index in [9.17, 15) is 48.6 Å². The smallest absolute Gasteiger partial charge is 0.408 e. The van der Waals surface area contributed by atoms with E-state index in [0.717, 1.165) is 0 Å². The summed E-state index contributed by atoms with van der Waals surface area (Å²) in [6, 6.07) is 9.04. The van der Waals surface area contributed by atoms with Crippen molar-refractivity contribution < 1.29 is 58.0 Å². The minimum atomic E-state index is -1.40. The van der Waals surface area contributed by atoms with Crippen LogP contribution in [-0.4, -0.2) is 116 Å². The Morgan fingerprint density at radius 3 is 1.17 bits per heavy atom. The van der Waals surface area contributed by atoms with Gasteiger partial charge in [-0.05, 0) is 153 Å². The van der Waals surface area contributed by atoms with Gasteiger partial charge < -0.3 is 52.4 Å². The van der Waals surface area contributed by atoms with Crippen LogP contribution in [0.1, 0.15) is 112 Å². The van der Waals surface area contributed by atoms with Gasteiger partial charge in [0.05, 0.1) is 0 Å². The average molecular weight is 1060 g/mol. The maximum Gasteiger partial charge on any atom is 0.408 e. The number of nitrogens with two attached hydrogens (primary N) is 2. The summed E-state index contributed by atoms with van der Waals surface area (Å²) in [5, 5.41) is 33.0. The zero-order valence-corrected chi connectivity index (χ0v) is 43.5. The Bertz CT molecular complexity index is 2450. The molecule has 4 rings (SSSR count). The molecule has 2 heterocycles. The molecular formula is C52H70N12O12. The lowest BCUT2D eigenvalue weighted by Crippen LogP contribution is -2.57. The van der Waals surface area contributed by atoms with Crippen molar-refractivity contribution in [1.82, 2.24) is 52.9 Å². The molecule has 2 aromatic heterocycles. The number of carbonyl (C=O) groups is 8. The van der Waals surface area contributed by atoms with E-state index in [1.165, 1.54) is 85.5 Å². The van der Waals surface area contributed by atoms with Crippen molar-refractivity contribution in [3.63, 3.8) is 0 Å². The van der Waals surface area contributed by atoms with Gasteiger partial charge in [-0.15, -0.1) is 0 Å². The Morgan fingerprint density at radius 1 is 0.487 bits per heavy atom. The molecule has 0 aliphatic carbocycles. The Morgan fingerprint density at radius 2 is 0.842 bits per heavy atom. The third-order valence-corrected chi connectivity index (χ3v) is 10.9. The summed E-state index contributed by atoms with van der Waals surface area (Å²) >= 11 is 0. The number of nitrogens with one attached hydrogen (secondary N) is 8. The van der Waals surface area contributed by atoms with E-state index in [0.29, 0.717) is 49.9 Å². The normalized spacial score (nSPS) is 12.8. The highest BCUT2D eigenvalue weighted by Gasteiger charge is 2.32. The number of aromatic hydroxyl groups is 2. The van der Waals surface area contributed by atoms with E-state index >= 15 is 0 Å². The van der Waals surface area contributed by atoms with Gasteiger partial charge in [-0.3, -0.25) is 60.4 Å². The highest BCUT2D eigenvalue weighted by molar-refractivity contribution is 5.98. The lowest BCUT2D eigenvalue weighted by Gasteiger charge is -2.26. The number of nitrogens with zero attached hydrogens (tertiary/aromatic N) is 2. The number of alkyl carbamates (subject to hydrolysis) is 2. The van der Waals surface area contributed by atoms with Crippen LogP contribution in [0.2, 0.25) is 0 Å². The molecule has 0 aliphatic rings. The summed E-state index contributed by atoms with van der Waals surface area (Å²) < 4.78 is 10.9. The number of aromatic nitrogens is 2. The van der Waals surface area contributed by atoms with Crippen LogP contribution < -0.4 is 54.4 Å². The van der Waals surface area contributed by atoms with Gasteiger partial charge >= 0.3 is 12.2 Å². The molecule has 2 aromatic carbocycles. The Balaban J connectivity index is 1.64. The van der Waals surface area contributed by atoms with Crippen LogP contribution in [0.25, 0.3) is 11.1 Å². The molecule has 76 heavy (non-hydrogen) atoms. The molecule has 4 aromatic rings. The van der Waals surface area contributed by atoms with Crippen molar-refractivity contribution in [1.29, 1.82) is 0 Å². The van der Waals surface area contributed by atoms with E-state index in [-0.39, 0.29) is 59.4 Å². The number of phenolic OH excluding ortho intramolecular Hbond substituents is 2. The third-order valence-electron chi connectivity index (χ3n) is 10.9. The number of pyridine rings is 2. The van der Waals surface area contributed by atoms with Gasteiger partial charge in [0.2, 0.25) is 11.8 Å².